The van der Waals surface area contributed by atoms with Gasteiger partial charge in [0.2, 0.25) is 5.88 Å². The molecule has 0 fully saturated rings. The van der Waals surface area contributed by atoms with Gasteiger partial charge in [-0.1, -0.05) is 30.3 Å². The van der Waals surface area contributed by atoms with E-state index in [9.17, 15) is 15.2 Å². The molecule has 7 nitrogen and oxygen atoms in total. The number of hydrogen-bond acceptors (Lipinski definition) is 6. The number of benzene rings is 2. The topological polar surface area (TPSA) is 102 Å². The first-order chi connectivity index (χ1) is 14.1. The summed E-state index contributed by atoms with van der Waals surface area (Å²) in [7, 11) is 1.37. The maximum absolute atomic E-state index is 11.6. The Kier molecular flexibility index (Phi) is 6.08. The van der Waals surface area contributed by atoms with E-state index < -0.39 is 5.97 Å². The molecule has 1 N–H and O–H groups in total. The van der Waals surface area contributed by atoms with E-state index in [1.54, 1.807) is 60.7 Å². The van der Waals surface area contributed by atoms with Gasteiger partial charge in [-0.2, -0.15) is 5.26 Å². The van der Waals surface area contributed by atoms with E-state index in [-0.39, 0.29) is 11.5 Å². The Morgan fingerprint density at radius 1 is 1.07 bits per heavy atom. The first-order valence-corrected chi connectivity index (χ1v) is 8.49. The third-order valence-electron chi connectivity index (χ3n) is 3.80. The van der Waals surface area contributed by atoms with Crippen molar-refractivity contribution < 1.29 is 24.1 Å². The summed E-state index contributed by atoms with van der Waals surface area (Å²) in [5.41, 5.74) is 0.689. The molecule has 3 rings (SSSR count). The van der Waals surface area contributed by atoms with Crippen LogP contribution in [0, 0.1) is 11.3 Å². The maximum atomic E-state index is 11.6. The molecule has 0 atom stereocenters. The summed E-state index contributed by atoms with van der Waals surface area (Å²) in [5.74, 6) is 0.173. The van der Waals surface area contributed by atoms with Crippen molar-refractivity contribution >= 4 is 11.5 Å². The Bertz CT molecular complexity index is 1100. The van der Waals surface area contributed by atoms with E-state index in [1.165, 1.54) is 13.3 Å². The average molecular weight is 388 g/mol. The van der Waals surface area contributed by atoms with Crippen LogP contribution in [0.1, 0.15) is 11.1 Å². The van der Waals surface area contributed by atoms with Crippen molar-refractivity contribution in [3.63, 3.8) is 0 Å². The maximum Gasteiger partial charge on any atom is 0.339 e. The van der Waals surface area contributed by atoms with Crippen molar-refractivity contribution in [1.29, 1.82) is 5.26 Å². The van der Waals surface area contributed by atoms with E-state index in [4.69, 9.17) is 14.2 Å². The highest BCUT2D eigenvalue weighted by Crippen LogP contribution is 2.32. The number of pyridine rings is 1. The quantitative estimate of drug-likeness (QED) is 0.466. The molecule has 0 amide bonds. The molecule has 3 aromatic rings. The van der Waals surface area contributed by atoms with Crippen LogP contribution in [0.3, 0.4) is 0 Å². The van der Waals surface area contributed by atoms with Crippen molar-refractivity contribution in [2.75, 3.05) is 7.11 Å². The fraction of sp³-hybridized carbons (Fsp3) is 0.0455. The first kappa shape index (κ1) is 19.5. The van der Waals surface area contributed by atoms with Gasteiger partial charge in [0.15, 0.2) is 0 Å². The summed E-state index contributed by atoms with van der Waals surface area (Å²) in [6, 6.07) is 18.7. The minimum absolute atomic E-state index is 0.0448. The number of aromatic nitrogens is 1. The van der Waals surface area contributed by atoms with Gasteiger partial charge in [-0.05, 0) is 24.3 Å². The number of carbonyl (C=O) groups is 1. The zero-order valence-corrected chi connectivity index (χ0v) is 15.4. The lowest BCUT2D eigenvalue weighted by Crippen LogP contribution is -2.02. The van der Waals surface area contributed by atoms with Gasteiger partial charge >= 0.3 is 5.97 Å². The van der Waals surface area contributed by atoms with E-state index in [1.807, 2.05) is 0 Å². The zero-order valence-electron chi connectivity index (χ0n) is 15.4. The SMILES string of the molecule is COC=C(C(=O)O)c1ccccc1Oc1ccnc(Oc2ccccc2C#N)c1. The van der Waals surface area contributed by atoms with Crippen LogP contribution in [0.4, 0.5) is 0 Å². The smallest absolute Gasteiger partial charge is 0.339 e. The fourth-order valence-corrected chi connectivity index (χ4v) is 2.52. The van der Waals surface area contributed by atoms with Gasteiger partial charge < -0.3 is 19.3 Å². The largest absolute Gasteiger partial charge is 0.503 e. The number of nitrogens with zero attached hydrogens (tertiary/aromatic N) is 2. The number of aliphatic carboxylic acids is 1. The molecule has 0 unspecified atom stereocenters. The fourth-order valence-electron chi connectivity index (χ4n) is 2.52. The molecule has 0 saturated heterocycles. The van der Waals surface area contributed by atoms with Crippen LogP contribution in [-0.4, -0.2) is 23.2 Å². The summed E-state index contributed by atoms with van der Waals surface area (Å²) >= 11 is 0. The second-order valence-electron chi connectivity index (χ2n) is 5.71. The third kappa shape index (κ3) is 4.70. The molecule has 29 heavy (non-hydrogen) atoms. The van der Waals surface area contributed by atoms with Crippen molar-refractivity contribution in [2.45, 2.75) is 0 Å². The molecule has 0 bridgehead atoms. The molecule has 0 aliphatic heterocycles. The first-order valence-electron chi connectivity index (χ1n) is 8.49. The lowest BCUT2D eigenvalue weighted by atomic mass is 10.1. The number of rotatable bonds is 7. The van der Waals surface area contributed by atoms with Crippen molar-refractivity contribution in [1.82, 2.24) is 4.98 Å². The van der Waals surface area contributed by atoms with Crippen LogP contribution in [-0.2, 0) is 9.53 Å². The molecule has 144 valence electrons. The van der Waals surface area contributed by atoms with Crippen LogP contribution in [0.15, 0.2) is 73.1 Å². The van der Waals surface area contributed by atoms with Crippen LogP contribution in [0.25, 0.3) is 5.57 Å². The van der Waals surface area contributed by atoms with Gasteiger partial charge in [-0.25, -0.2) is 9.78 Å². The summed E-state index contributed by atoms with van der Waals surface area (Å²) in [6.45, 7) is 0. The molecule has 0 aliphatic carbocycles. The van der Waals surface area contributed by atoms with Crippen molar-refractivity contribution in [3.8, 4) is 29.2 Å². The Morgan fingerprint density at radius 3 is 2.52 bits per heavy atom. The number of hydrogen-bond donors (Lipinski definition) is 1. The Morgan fingerprint density at radius 2 is 1.79 bits per heavy atom. The molecule has 0 spiro atoms. The Balaban J connectivity index is 1.89. The van der Waals surface area contributed by atoms with Crippen molar-refractivity contribution in [3.05, 3.63) is 84.2 Å². The van der Waals surface area contributed by atoms with Crippen LogP contribution in [0.2, 0.25) is 0 Å². The number of ether oxygens (including phenoxy) is 3. The van der Waals surface area contributed by atoms with E-state index >= 15 is 0 Å². The molecule has 0 aliphatic rings. The highest BCUT2D eigenvalue weighted by atomic mass is 16.5. The number of carboxylic acid groups (broad SMARTS) is 1. The molecule has 7 heteroatoms. The summed E-state index contributed by atoms with van der Waals surface area (Å²) in [6.07, 6.45) is 2.63. The van der Waals surface area contributed by atoms with Crippen LogP contribution >= 0.6 is 0 Å². The second-order valence-corrected chi connectivity index (χ2v) is 5.71. The van der Waals surface area contributed by atoms with E-state index in [0.717, 1.165) is 6.26 Å². The predicted molar refractivity (Wildman–Crippen MR) is 105 cm³/mol. The van der Waals surface area contributed by atoms with Crippen LogP contribution in [0.5, 0.6) is 23.1 Å². The number of para-hydroxylation sites is 2. The zero-order chi connectivity index (χ0) is 20.6. The summed E-state index contributed by atoms with van der Waals surface area (Å²) in [5, 5.41) is 18.6. The average Bonchev–Trinajstić information content (AvgIpc) is 2.73. The Labute approximate surface area is 167 Å². The molecular formula is C22H16N2O5. The minimum atomic E-state index is -1.14. The number of nitriles is 1. The normalized spacial score (nSPS) is 10.7. The van der Waals surface area contributed by atoms with E-state index in [0.29, 0.717) is 28.4 Å². The van der Waals surface area contributed by atoms with Gasteiger partial charge in [0.25, 0.3) is 0 Å². The molecule has 0 saturated carbocycles. The van der Waals surface area contributed by atoms with Gasteiger partial charge in [-0.3, -0.25) is 0 Å². The molecule has 1 heterocycles. The molecule has 1 aromatic heterocycles. The lowest BCUT2D eigenvalue weighted by Gasteiger charge is -2.12. The van der Waals surface area contributed by atoms with Crippen LogP contribution < -0.4 is 9.47 Å². The number of carboxylic acids is 1. The predicted octanol–water partition coefficient (Wildman–Crippen LogP) is 4.61. The standard InChI is InChI=1S/C22H16N2O5/c1-27-14-18(22(25)26)17-7-3-5-9-20(17)28-16-10-11-24-21(12-16)29-19-8-4-2-6-15(19)13-23/h2-12,14H,1H3,(H,25,26). The number of methoxy groups -OCH3 is 1. The highest BCUT2D eigenvalue weighted by molar-refractivity contribution is 6.15. The minimum Gasteiger partial charge on any atom is -0.503 e. The molecule has 2 aromatic carbocycles. The van der Waals surface area contributed by atoms with Gasteiger partial charge in [0.1, 0.15) is 28.9 Å². The van der Waals surface area contributed by atoms with Gasteiger partial charge in [-0.15, -0.1) is 0 Å². The second kappa shape index (κ2) is 9.06. The summed E-state index contributed by atoms with van der Waals surface area (Å²) in [4.78, 5) is 15.7. The van der Waals surface area contributed by atoms with Gasteiger partial charge in [0, 0.05) is 17.8 Å². The highest BCUT2D eigenvalue weighted by Gasteiger charge is 2.17. The monoisotopic (exact) mass is 388 g/mol. The lowest BCUT2D eigenvalue weighted by molar-refractivity contribution is -0.130. The Hall–Kier alpha value is -4.31. The van der Waals surface area contributed by atoms with Crippen molar-refractivity contribution in [2.24, 2.45) is 0 Å². The molecular weight excluding hydrogens is 372 g/mol. The summed E-state index contributed by atoms with van der Waals surface area (Å²) < 4.78 is 16.4. The third-order valence-corrected chi connectivity index (χ3v) is 3.80. The van der Waals surface area contributed by atoms with Gasteiger partial charge in [0.05, 0.1) is 18.9 Å². The molecule has 0 radical (unpaired) electrons. The van der Waals surface area contributed by atoms with E-state index in [2.05, 4.69) is 11.1 Å².